The molecule has 2 nitrogen and oxygen atoms in total. The Hall–Kier alpha value is -1.57. The van der Waals surface area contributed by atoms with E-state index in [2.05, 4.69) is 61.4 Å². The number of aryl methyl sites for hydroxylation is 1. The number of aromatic nitrogens is 1. The Balaban J connectivity index is 1.98. The van der Waals surface area contributed by atoms with Crippen LogP contribution in [0.1, 0.15) is 45.2 Å². The van der Waals surface area contributed by atoms with E-state index in [1.54, 1.807) is 0 Å². The minimum Gasteiger partial charge on any atom is -0.381 e. The summed E-state index contributed by atoms with van der Waals surface area (Å²) in [7, 11) is 0. The molecule has 0 radical (unpaired) electrons. The van der Waals surface area contributed by atoms with Gasteiger partial charge in [0, 0.05) is 22.8 Å². The molecule has 0 aliphatic heterocycles. The number of pyridine rings is 1. The molecule has 0 bridgehead atoms. The van der Waals surface area contributed by atoms with Gasteiger partial charge in [0.1, 0.15) is 0 Å². The van der Waals surface area contributed by atoms with Crippen molar-refractivity contribution in [2.45, 2.75) is 52.5 Å². The summed E-state index contributed by atoms with van der Waals surface area (Å²) in [5.74, 6) is 0. The van der Waals surface area contributed by atoms with Crippen molar-refractivity contribution < 1.29 is 0 Å². The van der Waals surface area contributed by atoms with E-state index in [1.807, 2.05) is 0 Å². The monoisotopic (exact) mass is 268 g/mol. The maximum atomic E-state index is 4.63. The van der Waals surface area contributed by atoms with Crippen LogP contribution in [0.5, 0.6) is 0 Å². The van der Waals surface area contributed by atoms with E-state index in [1.165, 1.54) is 36.8 Å². The topological polar surface area (TPSA) is 24.9 Å². The lowest BCUT2D eigenvalue weighted by molar-refractivity contribution is 0.217. The van der Waals surface area contributed by atoms with Crippen LogP contribution in [-0.4, -0.2) is 11.0 Å². The summed E-state index contributed by atoms with van der Waals surface area (Å²) in [5, 5.41) is 5.05. The molecule has 1 saturated carbocycles. The Kier molecular flexibility index (Phi) is 3.41. The highest BCUT2D eigenvalue weighted by Crippen LogP contribution is 2.38. The SMILES string of the molecule is Cc1cc(NC2CCCCC2(C)C)c2ccccc2n1. The highest BCUT2D eigenvalue weighted by Gasteiger charge is 2.32. The van der Waals surface area contributed by atoms with E-state index in [-0.39, 0.29) is 0 Å². The van der Waals surface area contributed by atoms with Crippen LogP contribution < -0.4 is 5.32 Å². The molecular weight excluding hydrogens is 244 g/mol. The van der Waals surface area contributed by atoms with Gasteiger partial charge in [0.25, 0.3) is 0 Å². The third-order valence-electron chi connectivity index (χ3n) is 4.68. The van der Waals surface area contributed by atoms with Gasteiger partial charge in [-0.3, -0.25) is 4.98 Å². The fourth-order valence-electron chi connectivity index (χ4n) is 3.38. The highest BCUT2D eigenvalue weighted by molar-refractivity contribution is 5.91. The van der Waals surface area contributed by atoms with Gasteiger partial charge in [-0.2, -0.15) is 0 Å². The van der Waals surface area contributed by atoms with E-state index in [4.69, 9.17) is 0 Å². The maximum absolute atomic E-state index is 4.63. The number of hydrogen-bond acceptors (Lipinski definition) is 2. The number of anilines is 1. The Morgan fingerprint density at radius 2 is 2.00 bits per heavy atom. The van der Waals surface area contributed by atoms with Gasteiger partial charge in [0.2, 0.25) is 0 Å². The molecule has 1 fully saturated rings. The van der Waals surface area contributed by atoms with Crippen LogP contribution in [0.4, 0.5) is 5.69 Å². The van der Waals surface area contributed by atoms with Crippen LogP contribution in [0, 0.1) is 12.3 Å². The van der Waals surface area contributed by atoms with Crippen LogP contribution in [0.2, 0.25) is 0 Å². The predicted molar refractivity (Wildman–Crippen MR) is 86.1 cm³/mol. The highest BCUT2D eigenvalue weighted by atomic mass is 14.9. The van der Waals surface area contributed by atoms with Crippen molar-refractivity contribution in [3.05, 3.63) is 36.0 Å². The van der Waals surface area contributed by atoms with E-state index < -0.39 is 0 Å². The van der Waals surface area contributed by atoms with Gasteiger partial charge >= 0.3 is 0 Å². The number of fused-ring (bicyclic) bond motifs is 1. The predicted octanol–water partition coefficient (Wildman–Crippen LogP) is 4.92. The van der Waals surface area contributed by atoms with Gasteiger partial charge in [-0.05, 0) is 37.3 Å². The van der Waals surface area contributed by atoms with Crippen molar-refractivity contribution in [1.29, 1.82) is 0 Å². The lowest BCUT2D eigenvalue weighted by Crippen LogP contribution is -2.39. The first-order chi connectivity index (χ1) is 9.56. The number of nitrogens with one attached hydrogen (secondary N) is 1. The van der Waals surface area contributed by atoms with Crippen LogP contribution in [0.15, 0.2) is 30.3 Å². The summed E-state index contributed by atoms with van der Waals surface area (Å²) in [6, 6.07) is 11.2. The summed E-state index contributed by atoms with van der Waals surface area (Å²) < 4.78 is 0. The molecule has 0 amide bonds. The number of benzene rings is 1. The van der Waals surface area contributed by atoms with Crippen molar-refractivity contribution in [3.63, 3.8) is 0 Å². The summed E-state index contributed by atoms with van der Waals surface area (Å²) in [4.78, 5) is 4.63. The Labute approximate surface area is 121 Å². The molecule has 106 valence electrons. The molecular formula is C18H24N2. The molecule has 1 aromatic heterocycles. The lowest BCUT2D eigenvalue weighted by Gasteiger charge is -2.39. The molecule has 3 rings (SSSR count). The Morgan fingerprint density at radius 1 is 1.20 bits per heavy atom. The zero-order valence-corrected chi connectivity index (χ0v) is 12.7. The van der Waals surface area contributed by atoms with E-state index in [9.17, 15) is 0 Å². The molecule has 1 aromatic carbocycles. The van der Waals surface area contributed by atoms with Gasteiger partial charge in [0.15, 0.2) is 0 Å². The zero-order chi connectivity index (χ0) is 14.2. The second-order valence-electron chi connectivity index (χ2n) is 6.76. The fourth-order valence-corrected chi connectivity index (χ4v) is 3.38. The molecule has 1 atom stereocenters. The third-order valence-corrected chi connectivity index (χ3v) is 4.68. The van der Waals surface area contributed by atoms with Gasteiger partial charge in [-0.1, -0.05) is 44.9 Å². The molecule has 2 heteroatoms. The summed E-state index contributed by atoms with van der Waals surface area (Å²) in [6.45, 7) is 6.85. The van der Waals surface area contributed by atoms with Crippen LogP contribution >= 0.6 is 0 Å². The second kappa shape index (κ2) is 5.08. The van der Waals surface area contributed by atoms with Crippen molar-refractivity contribution in [3.8, 4) is 0 Å². The maximum Gasteiger partial charge on any atom is 0.0725 e. The quantitative estimate of drug-likeness (QED) is 0.836. The third kappa shape index (κ3) is 2.52. The summed E-state index contributed by atoms with van der Waals surface area (Å²) in [6.07, 6.45) is 5.28. The van der Waals surface area contributed by atoms with Gasteiger partial charge < -0.3 is 5.32 Å². The molecule has 1 aliphatic rings. The van der Waals surface area contributed by atoms with Gasteiger partial charge in [-0.15, -0.1) is 0 Å². The largest absolute Gasteiger partial charge is 0.381 e. The number of para-hydroxylation sites is 1. The first-order valence-corrected chi connectivity index (χ1v) is 7.69. The number of rotatable bonds is 2. The van der Waals surface area contributed by atoms with Crippen molar-refractivity contribution in [2.24, 2.45) is 5.41 Å². The number of nitrogens with zero attached hydrogens (tertiary/aromatic N) is 1. The van der Waals surface area contributed by atoms with Gasteiger partial charge in [0.05, 0.1) is 5.52 Å². The summed E-state index contributed by atoms with van der Waals surface area (Å²) in [5.41, 5.74) is 3.78. The van der Waals surface area contributed by atoms with Crippen molar-refractivity contribution in [2.75, 3.05) is 5.32 Å². The first-order valence-electron chi connectivity index (χ1n) is 7.69. The van der Waals surface area contributed by atoms with E-state index >= 15 is 0 Å². The molecule has 1 heterocycles. The van der Waals surface area contributed by atoms with Gasteiger partial charge in [-0.25, -0.2) is 0 Å². The molecule has 1 aliphatic carbocycles. The standard InChI is InChI=1S/C18H24N2/c1-13-12-16(14-8-4-5-9-15(14)19-13)20-17-10-6-7-11-18(17,2)3/h4-5,8-9,12,17H,6-7,10-11H2,1-3H3,(H,19,20). The van der Waals surface area contributed by atoms with Crippen molar-refractivity contribution in [1.82, 2.24) is 4.98 Å². The smallest absolute Gasteiger partial charge is 0.0725 e. The van der Waals surface area contributed by atoms with Crippen molar-refractivity contribution >= 4 is 16.6 Å². The minimum atomic E-state index is 0.372. The minimum absolute atomic E-state index is 0.372. The molecule has 2 aromatic rings. The van der Waals surface area contributed by atoms with Crippen LogP contribution in [0.25, 0.3) is 10.9 Å². The number of hydrogen-bond donors (Lipinski definition) is 1. The first kappa shape index (κ1) is 13.4. The lowest BCUT2D eigenvalue weighted by atomic mass is 9.73. The normalized spacial score (nSPS) is 21.9. The Morgan fingerprint density at radius 3 is 2.80 bits per heavy atom. The molecule has 0 spiro atoms. The molecule has 1 N–H and O–H groups in total. The van der Waals surface area contributed by atoms with E-state index in [0.717, 1.165) is 11.2 Å². The van der Waals surface area contributed by atoms with Crippen LogP contribution in [-0.2, 0) is 0 Å². The zero-order valence-electron chi connectivity index (χ0n) is 12.7. The molecule has 0 saturated heterocycles. The molecule has 20 heavy (non-hydrogen) atoms. The Bertz CT molecular complexity index is 616. The summed E-state index contributed by atoms with van der Waals surface area (Å²) >= 11 is 0. The average Bonchev–Trinajstić information content (AvgIpc) is 2.41. The van der Waals surface area contributed by atoms with Crippen LogP contribution in [0.3, 0.4) is 0 Å². The molecule has 1 unspecified atom stereocenters. The second-order valence-corrected chi connectivity index (χ2v) is 6.76. The average molecular weight is 268 g/mol. The fraction of sp³-hybridized carbons (Fsp3) is 0.500. The van der Waals surface area contributed by atoms with E-state index in [0.29, 0.717) is 11.5 Å².